The number of halogens is 2. The number of benzene rings is 1. The molecule has 8 heteroatoms. The Balaban J connectivity index is 1.53. The second-order valence-corrected chi connectivity index (χ2v) is 9.97. The molecule has 1 amide bonds. The number of imidazole rings is 1. The van der Waals surface area contributed by atoms with Crippen molar-refractivity contribution in [2.75, 3.05) is 26.2 Å². The van der Waals surface area contributed by atoms with Crippen molar-refractivity contribution in [1.29, 1.82) is 0 Å². The summed E-state index contributed by atoms with van der Waals surface area (Å²) in [6.07, 6.45) is 1.30. The van der Waals surface area contributed by atoms with Gasteiger partial charge in [0, 0.05) is 43.9 Å². The molecule has 1 N–H and O–H groups in total. The normalized spacial score (nSPS) is 22.0. The Morgan fingerprint density at radius 3 is 2.72 bits per heavy atom. The minimum absolute atomic E-state index is 0.248. The van der Waals surface area contributed by atoms with E-state index in [-0.39, 0.29) is 23.7 Å². The van der Waals surface area contributed by atoms with Crippen molar-refractivity contribution in [2.24, 2.45) is 5.92 Å². The van der Waals surface area contributed by atoms with Gasteiger partial charge in [-0.25, -0.2) is 18.6 Å². The van der Waals surface area contributed by atoms with Crippen molar-refractivity contribution in [3.63, 3.8) is 0 Å². The molecule has 0 saturated carbocycles. The fourth-order valence-corrected chi connectivity index (χ4v) is 4.37. The van der Waals surface area contributed by atoms with Gasteiger partial charge in [0.1, 0.15) is 23.4 Å². The lowest BCUT2D eigenvalue weighted by molar-refractivity contribution is -0.00353. The Labute approximate surface area is 188 Å². The Morgan fingerprint density at radius 1 is 1.31 bits per heavy atom. The third-order valence-corrected chi connectivity index (χ3v) is 6.06. The fourth-order valence-electron chi connectivity index (χ4n) is 4.37. The van der Waals surface area contributed by atoms with Crippen LogP contribution in [0, 0.1) is 18.7 Å². The zero-order valence-corrected chi connectivity index (χ0v) is 19.2. The van der Waals surface area contributed by atoms with Crippen LogP contribution >= 0.6 is 0 Å². The number of alkyl halides is 1. The molecular weight excluding hydrogens is 414 g/mol. The van der Waals surface area contributed by atoms with Crippen molar-refractivity contribution in [2.45, 2.75) is 58.4 Å². The average Bonchev–Trinajstić information content (AvgIpc) is 3.09. The number of nitrogens with one attached hydrogen (secondary N) is 1. The lowest BCUT2D eigenvalue weighted by Gasteiger charge is -2.40. The third kappa shape index (κ3) is 4.95. The predicted molar refractivity (Wildman–Crippen MR) is 119 cm³/mol. The predicted octanol–water partition coefficient (Wildman–Crippen LogP) is 4.28. The summed E-state index contributed by atoms with van der Waals surface area (Å²) in [6.45, 7) is 10.2. The molecule has 32 heavy (non-hydrogen) atoms. The smallest absolute Gasteiger partial charge is 0.410 e. The van der Waals surface area contributed by atoms with Crippen molar-refractivity contribution >= 4 is 6.09 Å². The van der Waals surface area contributed by atoms with Gasteiger partial charge >= 0.3 is 6.09 Å². The van der Waals surface area contributed by atoms with Gasteiger partial charge in [0.15, 0.2) is 0 Å². The highest BCUT2D eigenvalue weighted by molar-refractivity contribution is 5.69. The summed E-state index contributed by atoms with van der Waals surface area (Å²) < 4.78 is 36.0. The SMILES string of the molecule is Cc1cc(-c2cn(CC3CN(C(=O)OC(C)(C)C)C3)c([C@H]3CCNC[C@H]3F)n2)ccc1F. The number of hydrogen-bond acceptors (Lipinski definition) is 4. The molecule has 1 aromatic carbocycles. The van der Waals surface area contributed by atoms with E-state index in [4.69, 9.17) is 9.72 Å². The molecule has 0 radical (unpaired) electrons. The summed E-state index contributed by atoms with van der Waals surface area (Å²) in [5, 5.41) is 3.09. The molecule has 6 nitrogen and oxygen atoms in total. The number of hydrogen-bond donors (Lipinski definition) is 1. The second-order valence-electron chi connectivity index (χ2n) is 9.97. The van der Waals surface area contributed by atoms with Gasteiger partial charge in [-0.2, -0.15) is 0 Å². The summed E-state index contributed by atoms with van der Waals surface area (Å²) in [5.74, 6) is 0.436. The van der Waals surface area contributed by atoms with Gasteiger partial charge in [-0.1, -0.05) is 0 Å². The first-order valence-electron chi connectivity index (χ1n) is 11.3. The molecule has 2 aliphatic rings. The third-order valence-electron chi connectivity index (χ3n) is 6.06. The van der Waals surface area contributed by atoms with Crippen LogP contribution in [0.2, 0.25) is 0 Å². The molecule has 2 aliphatic heterocycles. The molecule has 2 saturated heterocycles. The largest absolute Gasteiger partial charge is 0.444 e. The first-order valence-corrected chi connectivity index (χ1v) is 11.3. The highest BCUT2D eigenvalue weighted by atomic mass is 19.1. The summed E-state index contributed by atoms with van der Waals surface area (Å²) in [7, 11) is 0. The number of carbonyl (C=O) groups is 1. The lowest BCUT2D eigenvalue weighted by atomic mass is 9.94. The van der Waals surface area contributed by atoms with Gasteiger partial charge in [0.05, 0.1) is 11.6 Å². The van der Waals surface area contributed by atoms with Crippen LogP contribution in [0.5, 0.6) is 0 Å². The van der Waals surface area contributed by atoms with Crippen LogP contribution in [0.15, 0.2) is 24.4 Å². The van der Waals surface area contributed by atoms with Crippen LogP contribution in [0.25, 0.3) is 11.3 Å². The number of rotatable bonds is 4. The molecule has 0 unspecified atom stereocenters. The Bertz CT molecular complexity index is 979. The fraction of sp³-hybridized carbons (Fsp3) is 0.583. The molecule has 1 aromatic heterocycles. The zero-order valence-electron chi connectivity index (χ0n) is 19.2. The van der Waals surface area contributed by atoms with Gasteiger partial charge in [0.2, 0.25) is 0 Å². The molecule has 0 bridgehead atoms. The van der Waals surface area contributed by atoms with Crippen molar-refractivity contribution in [3.05, 3.63) is 41.6 Å². The van der Waals surface area contributed by atoms with E-state index in [1.807, 2.05) is 31.5 Å². The lowest BCUT2D eigenvalue weighted by Crippen LogP contribution is -2.53. The number of aryl methyl sites for hydroxylation is 1. The van der Waals surface area contributed by atoms with Crippen LogP contribution in [0.3, 0.4) is 0 Å². The number of likely N-dealkylation sites (tertiary alicyclic amines) is 1. The van der Waals surface area contributed by atoms with Crippen molar-refractivity contribution in [3.8, 4) is 11.3 Å². The minimum Gasteiger partial charge on any atom is -0.444 e. The molecule has 2 atom stereocenters. The molecular formula is C24H32F2N4O2. The quantitative estimate of drug-likeness (QED) is 0.762. The topological polar surface area (TPSA) is 59.4 Å². The van der Waals surface area contributed by atoms with E-state index in [0.717, 1.165) is 23.6 Å². The van der Waals surface area contributed by atoms with E-state index < -0.39 is 11.8 Å². The molecule has 0 aliphatic carbocycles. The van der Waals surface area contributed by atoms with Crippen LogP contribution in [-0.4, -0.2) is 58.5 Å². The molecule has 2 aromatic rings. The van der Waals surface area contributed by atoms with Gasteiger partial charge in [-0.3, -0.25) is 0 Å². The number of piperidine rings is 1. The molecule has 174 valence electrons. The molecule has 2 fully saturated rings. The van der Waals surface area contributed by atoms with Crippen LogP contribution < -0.4 is 5.32 Å². The molecule has 0 spiro atoms. The summed E-state index contributed by atoms with van der Waals surface area (Å²) in [6, 6.07) is 4.92. The van der Waals surface area contributed by atoms with Crippen LogP contribution in [-0.2, 0) is 11.3 Å². The van der Waals surface area contributed by atoms with Crippen molar-refractivity contribution in [1.82, 2.24) is 19.8 Å². The number of ether oxygens (including phenoxy) is 1. The number of nitrogens with zero attached hydrogens (tertiary/aromatic N) is 3. The highest BCUT2D eigenvalue weighted by Crippen LogP contribution is 2.32. The zero-order chi connectivity index (χ0) is 23.0. The molecule has 4 rings (SSSR count). The summed E-state index contributed by atoms with van der Waals surface area (Å²) >= 11 is 0. The Kier molecular flexibility index (Phi) is 6.25. The minimum atomic E-state index is -1.01. The van der Waals surface area contributed by atoms with Crippen LogP contribution in [0.4, 0.5) is 13.6 Å². The average molecular weight is 447 g/mol. The van der Waals surface area contributed by atoms with Gasteiger partial charge in [-0.05, 0) is 64.4 Å². The van der Waals surface area contributed by atoms with E-state index in [0.29, 0.717) is 38.2 Å². The van der Waals surface area contributed by atoms with E-state index >= 15 is 0 Å². The maximum absolute atomic E-state index is 14.8. The molecule has 3 heterocycles. The van der Waals surface area contributed by atoms with E-state index in [1.165, 1.54) is 6.07 Å². The van der Waals surface area contributed by atoms with Gasteiger partial charge in [0.25, 0.3) is 0 Å². The van der Waals surface area contributed by atoms with E-state index in [2.05, 4.69) is 5.32 Å². The Morgan fingerprint density at radius 2 is 2.06 bits per heavy atom. The summed E-state index contributed by atoms with van der Waals surface area (Å²) in [5.41, 5.74) is 1.57. The highest BCUT2D eigenvalue weighted by Gasteiger charge is 2.36. The van der Waals surface area contributed by atoms with E-state index in [1.54, 1.807) is 24.0 Å². The standard InChI is InChI=1S/C24H32F2N4O2/c1-15-9-17(5-6-19(15)25)21-14-29(22(28-21)18-7-8-27-10-20(18)26)11-16-12-30(13-16)23(31)32-24(2,3)4/h5-6,9,14,16,18,20,27H,7-8,10-13H2,1-4H3/t18-,20+/m0/s1. The first-order chi connectivity index (χ1) is 15.1. The second kappa shape index (κ2) is 8.81. The summed E-state index contributed by atoms with van der Waals surface area (Å²) in [4.78, 5) is 18.7. The number of carbonyl (C=O) groups excluding carboxylic acids is 1. The number of amides is 1. The maximum Gasteiger partial charge on any atom is 0.410 e. The van der Waals surface area contributed by atoms with Gasteiger partial charge in [-0.15, -0.1) is 0 Å². The number of aromatic nitrogens is 2. The van der Waals surface area contributed by atoms with E-state index in [9.17, 15) is 13.6 Å². The van der Waals surface area contributed by atoms with Crippen LogP contribution in [0.1, 0.15) is 44.5 Å². The van der Waals surface area contributed by atoms with Crippen molar-refractivity contribution < 1.29 is 18.3 Å². The monoisotopic (exact) mass is 446 g/mol. The first kappa shape index (κ1) is 22.7. The maximum atomic E-state index is 14.8. The Hall–Kier alpha value is -2.48. The van der Waals surface area contributed by atoms with Gasteiger partial charge < -0.3 is 19.5 Å².